The number of carbonyl (C=O) groups is 3. The van der Waals surface area contributed by atoms with Gasteiger partial charge in [0.05, 0.1) is 4.91 Å². The molecule has 36 heavy (non-hydrogen) atoms. The molecule has 1 heterocycles. The summed E-state index contributed by atoms with van der Waals surface area (Å²) in [6.45, 7) is 1.37. The highest BCUT2D eigenvalue weighted by Crippen LogP contribution is 2.33. The summed E-state index contributed by atoms with van der Waals surface area (Å²) < 4.78 is 6.37. The van der Waals surface area contributed by atoms with Crippen LogP contribution in [0, 0.1) is 0 Å². The lowest BCUT2D eigenvalue weighted by Gasteiger charge is -2.14. The highest BCUT2D eigenvalue weighted by molar-refractivity contribution is 8.26. The molecule has 0 atom stereocenters. The monoisotopic (exact) mass is 526 g/mol. The van der Waals surface area contributed by atoms with Gasteiger partial charge in [-0.1, -0.05) is 72.9 Å². The number of nitrogens with zero attached hydrogens (tertiary/aromatic N) is 1. The van der Waals surface area contributed by atoms with Crippen molar-refractivity contribution >= 4 is 52.2 Å². The third-order valence-corrected chi connectivity index (χ3v) is 6.83. The third kappa shape index (κ3) is 9.13. The average molecular weight is 527 g/mol. The molecule has 3 rings (SSSR count). The lowest BCUT2D eigenvalue weighted by molar-refractivity contribution is -0.137. The van der Waals surface area contributed by atoms with Crippen LogP contribution in [0.15, 0.2) is 59.5 Å². The van der Waals surface area contributed by atoms with Gasteiger partial charge in [-0.3, -0.25) is 19.3 Å². The van der Waals surface area contributed by atoms with Crippen LogP contribution in [0.25, 0.3) is 6.08 Å². The second-order valence-corrected chi connectivity index (χ2v) is 10.0. The van der Waals surface area contributed by atoms with Crippen molar-refractivity contribution in [3.05, 3.63) is 70.6 Å². The van der Waals surface area contributed by atoms with Gasteiger partial charge in [-0.2, -0.15) is 0 Å². The minimum atomic E-state index is -0.800. The Morgan fingerprint density at radius 3 is 2.61 bits per heavy atom. The summed E-state index contributed by atoms with van der Waals surface area (Å²) >= 11 is 6.66. The van der Waals surface area contributed by atoms with E-state index in [4.69, 9.17) is 22.1 Å². The first-order chi connectivity index (χ1) is 17.4. The number of carbonyl (C=O) groups excluding carboxylic acids is 2. The Hall–Kier alpha value is -3.17. The number of rotatable bonds is 14. The summed E-state index contributed by atoms with van der Waals surface area (Å²) in [5, 5.41) is 11.5. The summed E-state index contributed by atoms with van der Waals surface area (Å²) in [6.07, 6.45) is 4.89. The Balaban J connectivity index is 1.43. The molecule has 0 unspecified atom stereocenters. The molecule has 1 saturated heterocycles. The second-order valence-electron chi connectivity index (χ2n) is 8.34. The molecule has 2 amide bonds. The van der Waals surface area contributed by atoms with E-state index in [1.165, 1.54) is 11.8 Å². The molecule has 0 bridgehead atoms. The Bertz CT molecular complexity index is 1100. The van der Waals surface area contributed by atoms with Crippen LogP contribution in [0.5, 0.6) is 5.75 Å². The molecular weight excluding hydrogens is 496 g/mol. The zero-order chi connectivity index (χ0) is 25.8. The number of unbranched alkanes of at least 4 members (excludes halogenated alkanes) is 2. The predicted molar refractivity (Wildman–Crippen MR) is 145 cm³/mol. The van der Waals surface area contributed by atoms with E-state index in [0.717, 1.165) is 29.7 Å². The van der Waals surface area contributed by atoms with Gasteiger partial charge in [0, 0.05) is 25.9 Å². The molecule has 0 saturated carbocycles. The van der Waals surface area contributed by atoms with Gasteiger partial charge in [-0.15, -0.1) is 0 Å². The Kier molecular flexibility index (Phi) is 11.0. The topological polar surface area (TPSA) is 95.9 Å². The molecule has 2 N–H and O–H groups in total. The summed E-state index contributed by atoms with van der Waals surface area (Å²) in [5.74, 6) is -0.317. The first-order valence-electron chi connectivity index (χ1n) is 11.9. The van der Waals surface area contributed by atoms with Gasteiger partial charge < -0.3 is 15.2 Å². The van der Waals surface area contributed by atoms with Crippen molar-refractivity contribution < 1.29 is 24.2 Å². The second kappa shape index (κ2) is 14.4. The summed E-state index contributed by atoms with van der Waals surface area (Å²) in [6, 6.07) is 17.5. The Labute approximate surface area is 220 Å². The summed E-state index contributed by atoms with van der Waals surface area (Å²) in [5.41, 5.74) is 1.93. The lowest BCUT2D eigenvalue weighted by atomic mass is 10.2. The number of benzene rings is 2. The largest absolute Gasteiger partial charge is 0.489 e. The molecule has 0 aliphatic carbocycles. The van der Waals surface area contributed by atoms with Crippen molar-refractivity contribution in [1.29, 1.82) is 0 Å². The third-order valence-electron chi connectivity index (χ3n) is 5.45. The first kappa shape index (κ1) is 27.4. The van der Waals surface area contributed by atoms with Gasteiger partial charge in [0.15, 0.2) is 0 Å². The van der Waals surface area contributed by atoms with Gasteiger partial charge in [0.2, 0.25) is 5.91 Å². The Morgan fingerprint density at radius 1 is 1.03 bits per heavy atom. The maximum absolute atomic E-state index is 12.9. The van der Waals surface area contributed by atoms with Crippen molar-refractivity contribution in [2.24, 2.45) is 0 Å². The van der Waals surface area contributed by atoms with Crippen LogP contribution in [-0.4, -0.2) is 45.2 Å². The van der Waals surface area contributed by atoms with Gasteiger partial charge >= 0.3 is 5.97 Å². The number of thioether (sulfide) groups is 1. The van der Waals surface area contributed by atoms with Crippen LogP contribution in [0.1, 0.15) is 49.7 Å². The van der Waals surface area contributed by atoms with E-state index in [1.54, 1.807) is 4.90 Å². The smallest absolute Gasteiger partial charge is 0.303 e. The van der Waals surface area contributed by atoms with Crippen molar-refractivity contribution in [3.63, 3.8) is 0 Å². The van der Waals surface area contributed by atoms with E-state index in [9.17, 15) is 14.4 Å². The lowest BCUT2D eigenvalue weighted by Crippen LogP contribution is -2.30. The van der Waals surface area contributed by atoms with E-state index in [2.05, 4.69) is 5.32 Å². The number of ether oxygens (including phenoxy) is 1. The number of carboxylic acids is 1. The number of amides is 2. The molecule has 9 heteroatoms. The van der Waals surface area contributed by atoms with Crippen molar-refractivity contribution in [2.75, 3.05) is 13.1 Å². The van der Waals surface area contributed by atoms with Gasteiger partial charge in [-0.25, -0.2) is 0 Å². The summed E-state index contributed by atoms with van der Waals surface area (Å²) in [4.78, 5) is 37.5. The molecule has 2 aromatic rings. The van der Waals surface area contributed by atoms with Crippen LogP contribution < -0.4 is 10.1 Å². The summed E-state index contributed by atoms with van der Waals surface area (Å²) in [7, 11) is 0. The highest BCUT2D eigenvalue weighted by atomic mass is 32.2. The van der Waals surface area contributed by atoms with E-state index in [0.29, 0.717) is 48.2 Å². The maximum Gasteiger partial charge on any atom is 0.303 e. The molecule has 2 aromatic carbocycles. The molecule has 1 aliphatic rings. The number of nitrogens with one attached hydrogen (secondary N) is 1. The van der Waals surface area contributed by atoms with Crippen LogP contribution in [0.4, 0.5) is 0 Å². The van der Waals surface area contributed by atoms with E-state index in [-0.39, 0.29) is 18.2 Å². The fraction of sp³-hybridized carbons (Fsp3) is 0.333. The van der Waals surface area contributed by atoms with E-state index in [1.807, 2.05) is 60.7 Å². The molecule has 0 radical (unpaired) electrons. The van der Waals surface area contributed by atoms with Crippen molar-refractivity contribution in [3.8, 4) is 5.75 Å². The highest BCUT2D eigenvalue weighted by Gasteiger charge is 2.31. The predicted octanol–water partition coefficient (Wildman–Crippen LogP) is 5.01. The van der Waals surface area contributed by atoms with E-state index < -0.39 is 5.97 Å². The minimum Gasteiger partial charge on any atom is -0.489 e. The minimum absolute atomic E-state index is 0.0819. The Morgan fingerprint density at radius 2 is 1.83 bits per heavy atom. The van der Waals surface area contributed by atoms with Gasteiger partial charge in [0.1, 0.15) is 16.7 Å². The first-order valence-corrected chi connectivity index (χ1v) is 13.2. The zero-order valence-corrected chi connectivity index (χ0v) is 21.6. The fourth-order valence-corrected chi connectivity index (χ4v) is 4.88. The van der Waals surface area contributed by atoms with Gasteiger partial charge in [-0.05, 0) is 48.6 Å². The normalized spacial score (nSPS) is 14.3. The molecule has 7 nitrogen and oxygen atoms in total. The fourth-order valence-electron chi connectivity index (χ4n) is 3.57. The zero-order valence-electron chi connectivity index (χ0n) is 20.0. The molecular formula is C27H30N2O5S2. The molecule has 1 fully saturated rings. The molecule has 190 valence electrons. The van der Waals surface area contributed by atoms with Gasteiger partial charge in [0.25, 0.3) is 5.91 Å². The molecule has 0 aromatic heterocycles. The maximum atomic E-state index is 12.9. The van der Waals surface area contributed by atoms with Crippen molar-refractivity contribution in [1.82, 2.24) is 10.2 Å². The standard InChI is InChI=1S/C27H30N2O5S2/c30-24(28-15-6-2-5-14-25(31)32)13-8-16-29-26(33)23(36-27(29)35)18-21-11-7-12-22(17-21)34-19-20-9-3-1-4-10-20/h1,3-4,7,9-12,17-18H,2,5-6,8,13-16,19H2,(H,28,30)(H,31,32)/b23-18-. The van der Waals surface area contributed by atoms with Crippen LogP contribution in [-0.2, 0) is 21.0 Å². The number of carboxylic acid groups (broad SMARTS) is 1. The number of thiocarbonyl (C=S) groups is 1. The average Bonchev–Trinajstić information content (AvgIpc) is 3.13. The number of aliphatic carboxylic acids is 1. The van der Waals surface area contributed by atoms with E-state index >= 15 is 0 Å². The molecule has 0 spiro atoms. The van der Waals surface area contributed by atoms with Crippen LogP contribution >= 0.6 is 24.0 Å². The van der Waals surface area contributed by atoms with Crippen molar-refractivity contribution in [2.45, 2.75) is 45.1 Å². The quantitative estimate of drug-likeness (QED) is 0.203. The SMILES string of the molecule is O=C(O)CCCCCNC(=O)CCCN1C(=O)/C(=C/c2cccc(OCc3ccccc3)c2)SC1=S. The van der Waals surface area contributed by atoms with Crippen LogP contribution in [0.2, 0.25) is 0 Å². The van der Waals surface area contributed by atoms with Crippen LogP contribution in [0.3, 0.4) is 0 Å². The molecule has 1 aliphatic heterocycles. The number of hydrogen-bond donors (Lipinski definition) is 2. The number of hydrogen-bond acceptors (Lipinski definition) is 6.